The Kier molecular flexibility index (Phi) is 25.4. The van der Waals surface area contributed by atoms with E-state index in [0.717, 1.165) is 23.1 Å². The molecule has 5 rings (SSSR count). The zero-order chi connectivity index (χ0) is 54.5. The number of amides is 3. The number of nitrogens with one attached hydrogen (secondary N) is 3. The van der Waals surface area contributed by atoms with Crippen molar-refractivity contribution in [1.29, 1.82) is 0 Å². The van der Waals surface area contributed by atoms with Crippen molar-refractivity contribution in [3.05, 3.63) is 119 Å². The molecule has 0 bridgehead atoms. The smallest absolute Gasteiger partial charge is 0.306 e. The summed E-state index contributed by atoms with van der Waals surface area (Å²) in [4.78, 5) is 66.7. The van der Waals surface area contributed by atoms with Crippen LogP contribution in [0.5, 0.6) is 5.75 Å². The number of aryl methyl sites for hydroxylation is 2. The van der Waals surface area contributed by atoms with Crippen LogP contribution in [0.15, 0.2) is 101 Å². The summed E-state index contributed by atoms with van der Waals surface area (Å²) >= 11 is 0. The summed E-state index contributed by atoms with van der Waals surface area (Å²) in [6, 6.07) is 24.0. The van der Waals surface area contributed by atoms with Gasteiger partial charge in [-0.3, -0.25) is 29.3 Å². The number of rotatable bonds is 34. The number of hydrogen-bond donors (Lipinski definition) is 4. The maximum Gasteiger partial charge on any atom is 0.306 e. The van der Waals surface area contributed by atoms with Crippen molar-refractivity contribution < 1.29 is 57.5 Å². The largest absolute Gasteiger partial charge is 0.506 e. The number of phenols is 1. The molecule has 0 radical (unpaired) electrons. The maximum atomic E-state index is 13.1. The van der Waals surface area contributed by atoms with Crippen molar-refractivity contribution in [2.24, 2.45) is 10.2 Å². The molecule has 408 valence electrons. The molecule has 19 heteroatoms. The van der Waals surface area contributed by atoms with E-state index in [1.807, 2.05) is 50.5 Å². The number of carbonyl (C=O) groups is 5. The minimum atomic E-state index is -0.522. The summed E-state index contributed by atoms with van der Waals surface area (Å²) in [6.07, 6.45) is 6.82. The Morgan fingerprint density at radius 1 is 0.684 bits per heavy atom. The van der Waals surface area contributed by atoms with Crippen LogP contribution in [0.2, 0.25) is 0 Å². The van der Waals surface area contributed by atoms with Crippen molar-refractivity contribution in [1.82, 2.24) is 20.2 Å². The highest BCUT2D eigenvalue weighted by Gasteiger charge is 2.17. The van der Waals surface area contributed by atoms with Gasteiger partial charge in [-0.1, -0.05) is 31.2 Å². The van der Waals surface area contributed by atoms with Gasteiger partial charge in [0.05, 0.1) is 69.6 Å². The second-order valence-electron chi connectivity index (χ2n) is 18.6. The number of carbonyl (C=O) groups excluding carboxylic acids is 5. The van der Waals surface area contributed by atoms with E-state index in [1.165, 1.54) is 13.0 Å². The van der Waals surface area contributed by atoms with Crippen LogP contribution in [0.25, 0.3) is 17.1 Å². The van der Waals surface area contributed by atoms with E-state index in [1.54, 1.807) is 72.8 Å². The minimum absolute atomic E-state index is 0.0118. The zero-order valence-electron chi connectivity index (χ0n) is 44.4. The number of Topliss-reactive ketones (excluding diaryl/α,β-unsaturated/α-hetero) is 1. The van der Waals surface area contributed by atoms with Crippen molar-refractivity contribution in [3.8, 4) is 5.75 Å². The Morgan fingerprint density at radius 3 is 1.95 bits per heavy atom. The van der Waals surface area contributed by atoms with Crippen LogP contribution in [0, 0.1) is 0 Å². The Hall–Kier alpha value is -7.16. The van der Waals surface area contributed by atoms with E-state index in [2.05, 4.69) is 31.2 Å². The second-order valence-corrected chi connectivity index (χ2v) is 18.6. The third-order valence-corrected chi connectivity index (χ3v) is 11.1. The summed E-state index contributed by atoms with van der Waals surface area (Å²) in [5.74, 6) is -0.770. The van der Waals surface area contributed by atoms with Gasteiger partial charge in [0.25, 0.3) is 11.8 Å². The Balaban J connectivity index is 0.812. The fourth-order valence-electron chi connectivity index (χ4n) is 7.34. The number of esters is 1. The molecule has 0 atom stereocenters. The van der Waals surface area contributed by atoms with Gasteiger partial charge in [-0.25, -0.2) is 4.98 Å². The SMILES string of the molecule is CCCn1c(NC(=O)c2cccc(C(C)=O)c2)nc2ccc(/C=C/C(=O)NCCCOCCOCCOCCOCCOCCCNC(=O)c3ccc(N=Nc4cc(CCCC(=O)OC(C)(C)C)ccc4O)cc3)cc21. The molecule has 0 aliphatic rings. The average Bonchev–Trinajstić information content (AvgIpc) is 3.74. The van der Waals surface area contributed by atoms with Gasteiger partial charge in [-0.05, 0) is 138 Å². The number of fused-ring (bicyclic) bond motifs is 1. The molecule has 4 N–H and O–H groups in total. The van der Waals surface area contributed by atoms with Crippen molar-refractivity contribution in [2.45, 2.75) is 85.3 Å². The highest BCUT2D eigenvalue weighted by Crippen LogP contribution is 2.30. The number of phenolic OH excluding ortho intramolecular Hbond substituents is 1. The zero-order valence-corrected chi connectivity index (χ0v) is 44.4. The first-order valence-corrected chi connectivity index (χ1v) is 25.8. The number of ether oxygens (including phenoxy) is 6. The summed E-state index contributed by atoms with van der Waals surface area (Å²) < 4.78 is 35.2. The lowest BCUT2D eigenvalue weighted by Crippen LogP contribution is -2.25. The molecule has 4 aromatic carbocycles. The van der Waals surface area contributed by atoms with Crippen molar-refractivity contribution >= 4 is 63.9 Å². The van der Waals surface area contributed by atoms with E-state index in [4.69, 9.17) is 28.4 Å². The van der Waals surface area contributed by atoms with E-state index >= 15 is 0 Å². The van der Waals surface area contributed by atoms with Gasteiger partial charge in [0, 0.05) is 62.0 Å². The molecule has 0 unspecified atom stereocenters. The number of aromatic nitrogens is 2. The van der Waals surface area contributed by atoms with Gasteiger partial charge in [-0.15, -0.1) is 5.11 Å². The number of aromatic hydroxyl groups is 1. The lowest BCUT2D eigenvalue weighted by atomic mass is 10.1. The number of hydrogen-bond acceptors (Lipinski definition) is 15. The molecule has 0 aliphatic heterocycles. The van der Waals surface area contributed by atoms with E-state index in [-0.39, 0.29) is 35.2 Å². The van der Waals surface area contributed by atoms with Gasteiger partial charge in [0.1, 0.15) is 17.0 Å². The van der Waals surface area contributed by atoms with Crippen LogP contribution in [0.1, 0.15) is 109 Å². The number of imidazole rings is 1. The predicted molar refractivity (Wildman–Crippen MR) is 290 cm³/mol. The molecular formula is C57H73N7O12. The number of azo groups is 1. The fourth-order valence-corrected chi connectivity index (χ4v) is 7.34. The van der Waals surface area contributed by atoms with Crippen LogP contribution in [-0.2, 0) is 51.0 Å². The number of ketones is 1. The van der Waals surface area contributed by atoms with Crippen LogP contribution < -0.4 is 16.0 Å². The standard InChI is InChI=1S/C57H73N7O12/c1-6-27-64-50-39-43(15-22-48(50)60-56(64)61-55(70)46-13-8-12-45(40-46)41(2)65)17-24-52(67)58-25-9-28-71-30-32-73-34-36-75-37-35-74-33-31-72-29-10-26-59-54(69)44-18-20-47(21-19-44)62-63-49-38-42(16-23-51(49)66)11-7-14-53(68)76-57(3,4)5/h8,12-13,15-24,38-40,66H,6-7,9-11,14,25-37H2,1-5H3,(H,58,67)(H,59,69)(H,60,61,70)/b24-17+,63-62?. The quantitative estimate of drug-likeness (QED) is 0.00990. The third-order valence-electron chi connectivity index (χ3n) is 11.1. The molecule has 1 heterocycles. The van der Waals surface area contributed by atoms with Crippen molar-refractivity contribution in [2.75, 3.05) is 84.5 Å². The Labute approximate surface area is 444 Å². The molecule has 0 spiro atoms. The topological polar surface area (TPSA) is 240 Å². The number of nitrogens with zero attached hydrogens (tertiary/aromatic N) is 4. The summed E-state index contributed by atoms with van der Waals surface area (Å²) in [7, 11) is 0. The van der Waals surface area contributed by atoms with E-state index in [9.17, 15) is 29.1 Å². The van der Waals surface area contributed by atoms with E-state index in [0.29, 0.717) is 157 Å². The molecule has 0 saturated heterocycles. The summed E-state index contributed by atoms with van der Waals surface area (Å²) in [5, 5.41) is 27.3. The van der Waals surface area contributed by atoms with Gasteiger partial charge >= 0.3 is 5.97 Å². The van der Waals surface area contributed by atoms with Gasteiger partial charge in [0.2, 0.25) is 11.9 Å². The first-order chi connectivity index (χ1) is 36.7. The highest BCUT2D eigenvalue weighted by atomic mass is 16.6. The first kappa shape index (κ1) is 59.7. The molecule has 0 aliphatic carbocycles. The molecule has 1 aromatic heterocycles. The van der Waals surface area contributed by atoms with Gasteiger partial charge in [0.15, 0.2) is 5.78 Å². The summed E-state index contributed by atoms with van der Waals surface area (Å²) in [6.45, 7) is 14.9. The second kappa shape index (κ2) is 32.3. The maximum absolute atomic E-state index is 13.1. The monoisotopic (exact) mass is 1050 g/mol. The van der Waals surface area contributed by atoms with Gasteiger partial charge < -0.3 is 48.7 Å². The van der Waals surface area contributed by atoms with Crippen LogP contribution >= 0.6 is 0 Å². The lowest BCUT2D eigenvalue weighted by molar-refractivity contribution is -0.154. The predicted octanol–water partition coefficient (Wildman–Crippen LogP) is 9.11. The molecule has 3 amide bonds. The van der Waals surface area contributed by atoms with Crippen LogP contribution in [0.3, 0.4) is 0 Å². The molecule has 5 aromatic rings. The number of benzene rings is 4. The molecule has 0 fully saturated rings. The fraction of sp³-hybridized carbons (Fsp3) is 0.439. The Morgan fingerprint density at radius 2 is 1.32 bits per heavy atom. The van der Waals surface area contributed by atoms with Gasteiger partial charge in [-0.2, -0.15) is 5.11 Å². The molecule has 76 heavy (non-hydrogen) atoms. The van der Waals surface area contributed by atoms with E-state index < -0.39 is 5.60 Å². The third kappa shape index (κ3) is 22.0. The lowest BCUT2D eigenvalue weighted by Gasteiger charge is -2.19. The van der Waals surface area contributed by atoms with Crippen LogP contribution in [0.4, 0.5) is 17.3 Å². The minimum Gasteiger partial charge on any atom is -0.506 e. The summed E-state index contributed by atoms with van der Waals surface area (Å²) in [5.41, 5.74) is 4.86. The van der Waals surface area contributed by atoms with Crippen LogP contribution in [-0.4, -0.2) is 129 Å². The Bertz CT molecular complexity index is 2710. The highest BCUT2D eigenvalue weighted by molar-refractivity contribution is 6.06. The first-order valence-electron chi connectivity index (χ1n) is 25.8. The molecule has 19 nitrogen and oxygen atoms in total. The number of anilines is 1. The normalized spacial score (nSPS) is 11.6. The molecule has 0 saturated carbocycles. The average molecular weight is 1050 g/mol. The molecular weight excluding hydrogens is 975 g/mol. The van der Waals surface area contributed by atoms with Crippen molar-refractivity contribution in [3.63, 3.8) is 0 Å².